The first-order valence-electron chi connectivity index (χ1n) is 7.73. The number of nitrogens with zero attached hydrogens (tertiary/aromatic N) is 3. The molecule has 138 valence electrons. The summed E-state index contributed by atoms with van der Waals surface area (Å²) in [6, 6.07) is 0. The van der Waals surface area contributed by atoms with Crippen molar-refractivity contribution in [1.82, 2.24) is 10.2 Å². The number of rotatable bonds is 9. The summed E-state index contributed by atoms with van der Waals surface area (Å²) in [5.41, 5.74) is 11.0. The Bertz CT molecular complexity index is 451. The van der Waals surface area contributed by atoms with Gasteiger partial charge in [0.2, 0.25) is 11.9 Å². The molecule has 0 saturated heterocycles. The van der Waals surface area contributed by atoms with Gasteiger partial charge in [0.25, 0.3) is 0 Å². The van der Waals surface area contributed by atoms with Crippen molar-refractivity contribution in [2.24, 2.45) is 21.5 Å². The van der Waals surface area contributed by atoms with Gasteiger partial charge in [-0.3, -0.25) is 4.79 Å². The van der Waals surface area contributed by atoms with Gasteiger partial charge in [-0.15, -0.1) is 4.99 Å². The van der Waals surface area contributed by atoms with Crippen LogP contribution in [0.3, 0.4) is 0 Å². The number of unbranched alkanes of at least 4 members (excludes halogenated alkanes) is 1. The largest absolute Gasteiger partial charge is 0.445 e. The molecule has 0 aromatic carbocycles. The molecule has 0 rings (SSSR count). The average Bonchev–Trinajstić information content (AvgIpc) is 2.51. The minimum Gasteiger partial charge on any atom is -0.445 e. The SMILES string of the molecule is CCCCC(=O)NCCOCCOC(=O)N=C(N)N=C(N)N(C)C. The Hall–Kier alpha value is -2.36. The van der Waals surface area contributed by atoms with Crippen LogP contribution < -0.4 is 16.8 Å². The van der Waals surface area contributed by atoms with Crippen LogP contribution in [-0.4, -0.2) is 69.3 Å². The number of carbonyl (C=O) groups is 2. The maximum absolute atomic E-state index is 11.4. The highest BCUT2D eigenvalue weighted by molar-refractivity contribution is 5.97. The number of hydrogen-bond acceptors (Lipinski definition) is 4. The second-order valence-corrected chi connectivity index (χ2v) is 5.01. The molecule has 5 N–H and O–H groups in total. The van der Waals surface area contributed by atoms with E-state index in [1.165, 1.54) is 4.90 Å². The van der Waals surface area contributed by atoms with E-state index in [2.05, 4.69) is 15.3 Å². The van der Waals surface area contributed by atoms with Gasteiger partial charge in [0.1, 0.15) is 6.61 Å². The molecule has 0 fully saturated rings. The highest BCUT2D eigenvalue weighted by Crippen LogP contribution is 1.92. The monoisotopic (exact) mass is 344 g/mol. The first-order chi connectivity index (χ1) is 11.4. The van der Waals surface area contributed by atoms with E-state index >= 15 is 0 Å². The number of guanidine groups is 2. The molecule has 0 atom stereocenters. The van der Waals surface area contributed by atoms with E-state index in [9.17, 15) is 9.59 Å². The molecule has 0 aromatic rings. The fraction of sp³-hybridized carbons (Fsp3) is 0.714. The molecule has 0 aliphatic heterocycles. The zero-order chi connectivity index (χ0) is 18.4. The lowest BCUT2D eigenvalue weighted by molar-refractivity contribution is -0.121. The van der Waals surface area contributed by atoms with Gasteiger partial charge in [-0.25, -0.2) is 4.79 Å². The molecular formula is C14H28N6O4. The van der Waals surface area contributed by atoms with Gasteiger partial charge in [0.15, 0.2) is 5.96 Å². The number of nitrogens with one attached hydrogen (secondary N) is 1. The van der Waals surface area contributed by atoms with E-state index in [-0.39, 0.29) is 31.0 Å². The molecule has 0 unspecified atom stereocenters. The fourth-order valence-electron chi connectivity index (χ4n) is 1.35. The Kier molecular flexibility index (Phi) is 11.8. The predicted octanol–water partition coefficient (Wildman–Crippen LogP) is -0.363. The van der Waals surface area contributed by atoms with Crippen LogP contribution in [0.15, 0.2) is 9.98 Å². The highest BCUT2D eigenvalue weighted by atomic mass is 16.6. The second-order valence-electron chi connectivity index (χ2n) is 5.01. The molecule has 2 amide bonds. The zero-order valence-electron chi connectivity index (χ0n) is 14.6. The summed E-state index contributed by atoms with van der Waals surface area (Å²) >= 11 is 0. The molecule has 10 nitrogen and oxygen atoms in total. The molecule has 0 saturated carbocycles. The Balaban J connectivity index is 3.76. The molecule has 0 heterocycles. The quantitative estimate of drug-likeness (QED) is 0.294. The molecule has 0 aromatic heterocycles. The maximum Gasteiger partial charge on any atom is 0.436 e. The van der Waals surface area contributed by atoms with Gasteiger partial charge in [-0.05, 0) is 6.42 Å². The van der Waals surface area contributed by atoms with Crippen LogP contribution in [0.1, 0.15) is 26.2 Å². The molecule has 0 spiro atoms. The van der Waals surface area contributed by atoms with Gasteiger partial charge in [-0.1, -0.05) is 13.3 Å². The van der Waals surface area contributed by atoms with E-state index in [1.54, 1.807) is 14.1 Å². The van der Waals surface area contributed by atoms with Crippen molar-refractivity contribution in [1.29, 1.82) is 0 Å². The fourth-order valence-corrected chi connectivity index (χ4v) is 1.35. The lowest BCUT2D eigenvalue weighted by Crippen LogP contribution is -2.32. The van der Waals surface area contributed by atoms with Crippen LogP contribution in [0.4, 0.5) is 4.79 Å². The normalized spacial score (nSPS) is 12.0. The molecule has 0 radical (unpaired) electrons. The summed E-state index contributed by atoms with van der Waals surface area (Å²) < 4.78 is 10.0. The molecule has 0 aliphatic rings. The standard InChI is InChI=1S/C14H28N6O4/c1-4-5-6-11(21)17-7-8-23-9-10-24-14(22)19-12(15)18-13(16)20(2)3/h4-10H2,1-3H3,(H,17,21)(H4,15,16,18,19,22). The second kappa shape index (κ2) is 13.1. The third kappa shape index (κ3) is 12.2. The van der Waals surface area contributed by atoms with Crippen molar-refractivity contribution in [2.75, 3.05) is 40.5 Å². The van der Waals surface area contributed by atoms with Crippen molar-refractivity contribution in [3.63, 3.8) is 0 Å². The van der Waals surface area contributed by atoms with Crippen molar-refractivity contribution >= 4 is 23.9 Å². The van der Waals surface area contributed by atoms with E-state index in [0.29, 0.717) is 19.6 Å². The van der Waals surface area contributed by atoms with Crippen molar-refractivity contribution in [3.8, 4) is 0 Å². The number of nitrogens with two attached hydrogens (primary N) is 2. The van der Waals surface area contributed by atoms with Crippen molar-refractivity contribution < 1.29 is 19.1 Å². The summed E-state index contributed by atoms with van der Waals surface area (Å²) in [4.78, 5) is 31.3. The van der Waals surface area contributed by atoms with Crippen LogP contribution in [0.2, 0.25) is 0 Å². The zero-order valence-corrected chi connectivity index (χ0v) is 14.6. The maximum atomic E-state index is 11.4. The Morgan fingerprint density at radius 3 is 2.46 bits per heavy atom. The molecule has 24 heavy (non-hydrogen) atoms. The van der Waals surface area contributed by atoms with E-state index in [1.807, 2.05) is 6.92 Å². The number of amides is 2. The molecular weight excluding hydrogens is 316 g/mol. The predicted molar refractivity (Wildman–Crippen MR) is 91.6 cm³/mol. The van der Waals surface area contributed by atoms with Gasteiger partial charge in [-0.2, -0.15) is 4.99 Å². The molecule has 0 bridgehead atoms. The number of aliphatic imine (C=N–C) groups is 2. The minimum absolute atomic E-state index is 0.00856. The van der Waals surface area contributed by atoms with Gasteiger partial charge >= 0.3 is 6.09 Å². The Morgan fingerprint density at radius 1 is 1.12 bits per heavy atom. The van der Waals surface area contributed by atoms with Gasteiger partial charge in [0, 0.05) is 27.1 Å². The van der Waals surface area contributed by atoms with Crippen molar-refractivity contribution in [3.05, 3.63) is 0 Å². The molecule has 0 aliphatic carbocycles. The number of hydrogen-bond donors (Lipinski definition) is 3. The van der Waals surface area contributed by atoms with E-state index in [4.69, 9.17) is 20.9 Å². The summed E-state index contributed by atoms with van der Waals surface area (Å²) in [5, 5.41) is 2.73. The smallest absolute Gasteiger partial charge is 0.436 e. The van der Waals surface area contributed by atoms with Gasteiger partial charge in [0.05, 0.1) is 13.2 Å². The van der Waals surface area contributed by atoms with E-state index < -0.39 is 6.09 Å². The first-order valence-corrected chi connectivity index (χ1v) is 7.73. The van der Waals surface area contributed by atoms with Crippen LogP contribution in [0.5, 0.6) is 0 Å². The van der Waals surface area contributed by atoms with Gasteiger partial charge < -0.3 is 31.2 Å². The van der Waals surface area contributed by atoms with E-state index in [0.717, 1.165) is 12.8 Å². The summed E-state index contributed by atoms with van der Waals surface area (Å²) in [5.74, 6) is -0.162. The lowest BCUT2D eigenvalue weighted by Gasteiger charge is -2.09. The third-order valence-corrected chi connectivity index (χ3v) is 2.67. The number of ether oxygens (including phenoxy) is 2. The highest BCUT2D eigenvalue weighted by Gasteiger charge is 2.03. The third-order valence-electron chi connectivity index (χ3n) is 2.67. The Morgan fingerprint density at radius 2 is 1.83 bits per heavy atom. The van der Waals surface area contributed by atoms with Crippen molar-refractivity contribution in [2.45, 2.75) is 26.2 Å². The first kappa shape index (κ1) is 21.6. The van der Waals surface area contributed by atoms with Crippen LogP contribution >= 0.6 is 0 Å². The minimum atomic E-state index is -0.876. The lowest BCUT2D eigenvalue weighted by atomic mass is 10.2. The summed E-state index contributed by atoms with van der Waals surface area (Å²) in [6.45, 7) is 2.99. The van der Waals surface area contributed by atoms with Crippen LogP contribution in [-0.2, 0) is 14.3 Å². The van der Waals surface area contributed by atoms with Crippen LogP contribution in [0.25, 0.3) is 0 Å². The average molecular weight is 344 g/mol. The summed E-state index contributed by atoms with van der Waals surface area (Å²) in [7, 11) is 3.35. The summed E-state index contributed by atoms with van der Waals surface area (Å²) in [6.07, 6.45) is 1.50. The Labute approximate surface area is 142 Å². The molecule has 10 heteroatoms. The topological polar surface area (TPSA) is 145 Å². The number of carbonyl (C=O) groups excluding carboxylic acids is 2. The van der Waals surface area contributed by atoms with Crippen LogP contribution in [0, 0.1) is 0 Å².